The summed E-state index contributed by atoms with van der Waals surface area (Å²) < 4.78 is 0. The van der Waals surface area contributed by atoms with Crippen molar-refractivity contribution >= 4 is 29.6 Å². The number of benzene rings is 2. The first-order chi connectivity index (χ1) is 18.0. The van der Waals surface area contributed by atoms with Crippen LogP contribution in [0.3, 0.4) is 0 Å². The molecule has 0 bridgehead atoms. The fraction of sp³-hybridized carbons (Fsp3) is 0.370. The van der Waals surface area contributed by atoms with Gasteiger partial charge in [0, 0.05) is 6.42 Å². The molecule has 4 atom stereocenters. The third kappa shape index (κ3) is 9.66. The van der Waals surface area contributed by atoms with E-state index in [1.807, 2.05) is 30.3 Å². The average molecular weight is 526 g/mol. The van der Waals surface area contributed by atoms with Crippen LogP contribution in [0.2, 0.25) is 0 Å². The van der Waals surface area contributed by atoms with E-state index < -0.39 is 66.1 Å². The largest absolute Gasteiger partial charge is 0.480 e. The maximum atomic E-state index is 13.3. The third-order valence-electron chi connectivity index (χ3n) is 5.82. The summed E-state index contributed by atoms with van der Waals surface area (Å²) in [6.45, 7) is 3.20. The maximum Gasteiger partial charge on any atom is 0.326 e. The van der Waals surface area contributed by atoms with Gasteiger partial charge < -0.3 is 32.5 Å². The molecule has 38 heavy (non-hydrogen) atoms. The van der Waals surface area contributed by atoms with Gasteiger partial charge in [-0.2, -0.15) is 0 Å². The van der Waals surface area contributed by atoms with E-state index >= 15 is 0 Å². The second-order valence-corrected chi connectivity index (χ2v) is 9.35. The van der Waals surface area contributed by atoms with Gasteiger partial charge in [-0.3, -0.25) is 19.2 Å². The number of primary amides is 1. The summed E-state index contributed by atoms with van der Waals surface area (Å²) in [5, 5.41) is 16.8. The normalized spacial score (nSPS) is 14.0. The molecule has 11 heteroatoms. The Hall–Kier alpha value is -4.25. The number of carboxylic acid groups (broad SMARTS) is 1. The highest BCUT2D eigenvalue weighted by atomic mass is 16.4. The van der Waals surface area contributed by atoms with Crippen LogP contribution in [-0.2, 0) is 36.8 Å². The van der Waals surface area contributed by atoms with E-state index in [0.29, 0.717) is 0 Å². The lowest BCUT2D eigenvalue weighted by Gasteiger charge is -2.25. The van der Waals surface area contributed by atoms with E-state index in [9.17, 15) is 29.1 Å². The van der Waals surface area contributed by atoms with Crippen LogP contribution in [0.5, 0.6) is 0 Å². The molecule has 0 saturated heterocycles. The van der Waals surface area contributed by atoms with E-state index in [-0.39, 0.29) is 12.8 Å². The fourth-order valence-corrected chi connectivity index (χ4v) is 3.75. The van der Waals surface area contributed by atoms with Gasteiger partial charge in [0.25, 0.3) is 0 Å². The second-order valence-electron chi connectivity index (χ2n) is 9.35. The standard InChI is InChI=1S/C27H35N5O6/c1-16(2)23(27(37)38)32-26(36)21(15-22(29)33)31-25(35)20(14-18-11-7-4-8-12-18)30-24(34)19(28)13-17-9-5-3-6-10-17/h3-12,16,19-21,23H,13-15,28H2,1-2H3,(H2,29,33)(H,30,34)(H,31,35)(H,32,36)(H,37,38). The highest BCUT2D eigenvalue weighted by molar-refractivity contribution is 5.96. The highest BCUT2D eigenvalue weighted by Crippen LogP contribution is 2.08. The van der Waals surface area contributed by atoms with Crippen LogP contribution in [-0.4, -0.2) is 58.9 Å². The molecular weight excluding hydrogens is 490 g/mol. The Morgan fingerprint density at radius 3 is 1.68 bits per heavy atom. The van der Waals surface area contributed by atoms with Gasteiger partial charge in [-0.25, -0.2) is 4.79 Å². The summed E-state index contributed by atoms with van der Waals surface area (Å²) in [4.78, 5) is 62.2. The molecular formula is C27H35N5O6. The molecule has 0 aliphatic heterocycles. The van der Waals surface area contributed by atoms with E-state index in [0.717, 1.165) is 11.1 Å². The number of nitrogens with one attached hydrogen (secondary N) is 3. The quantitative estimate of drug-likeness (QED) is 0.198. The molecule has 0 aromatic heterocycles. The Bertz CT molecular complexity index is 1110. The molecule has 0 fully saturated rings. The number of amides is 4. The van der Waals surface area contributed by atoms with Gasteiger partial charge in [0.05, 0.1) is 12.5 Å². The van der Waals surface area contributed by atoms with Crippen molar-refractivity contribution in [3.63, 3.8) is 0 Å². The van der Waals surface area contributed by atoms with E-state index in [1.165, 1.54) is 0 Å². The predicted molar refractivity (Wildman–Crippen MR) is 140 cm³/mol. The molecule has 0 aliphatic rings. The van der Waals surface area contributed by atoms with E-state index in [2.05, 4.69) is 16.0 Å². The van der Waals surface area contributed by atoms with Gasteiger partial charge in [0.2, 0.25) is 23.6 Å². The van der Waals surface area contributed by atoms with Crippen molar-refractivity contribution < 1.29 is 29.1 Å². The SMILES string of the molecule is CC(C)C(NC(=O)C(CC(N)=O)NC(=O)C(Cc1ccccc1)NC(=O)C(N)Cc1ccccc1)C(=O)O. The topological polar surface area (TPSA) is 194 Å². The summed E-state index contributed by atoms with van der Waals surface area (Å²) >= 11 is 0. The monoisotopic (exact) mass is 525 g/mol. The van der Waals surface area contributed by atoms with Gasteiger partial charge in [-0.1, -0.05) is 74.5 Å². The molecule has 0 radical (unpaired) electrons. The van der Waals surface area contributed by atoms with Crippen molar-refractivity contribution in [2.75, 3.05) is 0 Å². The third-order valence-corrected chi connectivity index (χ3v) is 5.82. The number of hydrogen-bond donors (Lipinski definition) is 6. The molecule has 4 unspecified atom stereocenters. The molecule has 204 valence electrons. The van der Waals surface area contributed by atoms with Crippen molar-refractivity contribution in [2.45, 2.75) is 57.3 Å². The number of rotatable bonds is 14. The molecule has 2 aromatic carbocycles. The van der Waals surface area contributed by atoms with Crippen LogP contribution in [0.25, 0.3) is 0 Å². The molecule has 0 spiro atoms. The minimum absolute atomic E-state index is 0.0745. The number of hydrogen-bond acceptors (Lipinski definition) is 6. The van der Waals surface area contributed by atoms with E-state index in [4.69, 9.17) is 11.5 Å². The molecule has 0 saturated carbocycles. The van der Waals surface area contributed by atoms with Gasteiger partial charge >= 0.3 is 5.97 Å². The van der Waals surface area contributed by atoms with Crippen LogP contribution in [0, 0.1) is 5.92 Å². The summed E-state index contributed by atoms with van der Waals surface area (Å²) in [5.41, 5.74) is 12.9. The zero-order valence-corrected chi connectivity index (χ0v) is 21.4. The lowest BCUT2D eigenvalue weighted by atomic mass is 10.0. The number of carbonyl (C=O) groups excluding carboxylic acids is 4. The van der Waals surface area contributed by atoms with Crippen LogP contribution >= 0.6 is 0 Å². The summed E-state index contributed by atoms with van der Waals surface area (Å²) in [6, 6.07) is 13.2. The molecule has 8 N–H and O–H groups in total. The average Bonchev–Trinajstić information content (AvgIpc) is 2.86. The Labute approximate surface area is 221 Å². The molecule has 11 nitrogen and oxygen atoms in total. The summed E-state index contributed by atoms with van der Waals surface area (Å²) in [6.07, 6.45) is -0.252. The van der Waals surface area contributed by atoms with Crippen LogP contribution < -0.4 is 27.4 Å². The lowest BCUT2D eigenvalue weighted by molar-refractivity contribution is -0.143. The van der Waals surface area contributed by atoms with Crippen LogP contribution in [0.15, 0.2) is 60.7 Å². The Morgan fingerprint density at radius 1 is 0.737 bits per heavy atom. The van der Waals surface area contributed by atoms with Crippen LogP contribution in [0.1, 0.15) is 31.4 Å². The van der Waals surface area contributed by atoms with Gasteiger partial charge in [-0.15, -0.1) is 0 Å². The van der Waals surface area contributed by atoms with Crippen molar-refractivity contribution in [3.05, 3.63) is 71.8 Å². The highest BCUT2D eigenvalue weighted by Gasteiger charge is 2.32. The fourth-order valence-electron chi connectivity index (χ4n) is 3.75. The predicted octanol–water partition coefficient (Wildman–Crippen LogP) is -0.130. The summed E-state index contributed by atoms with van der Waals surface area (Å²) in [7, 11) is 0. The zero-order valence-electron chi connectivity index (χ0n) is 21.4. The zero-order chi connectivity index (χ0) is 28.2. The first-order valence-corrected chi connectivity index (χ1v) is 12.2. The Kier molecular flexibility index (Phi) is 11.4. The molecule has 0 aliphatic carbocycles. The minimum atomic E-state index is -1.45. The van der Waals surface area contributed by atoms with Gasteiger partial charge in [0.15, 0.2) is 0 Å². The smallest absolute Gasteiger partial charge is 0.326 e. The van der Waals surface area contributed by atoms with Crippen molar-refractivity contribution in [3.8, 4) is 0 Å². The molecule has 4 amide bonds. The molecule has 2 rings (SSSR count). The molecule has 2 aromatic rings. The summed E-state index contributed by atoms with van der Waals surface area (Å²) in [5.74, 6) is -4.82. The Morgan fingerprint density at radius 2 is 1.21 bits per heavy atom. The van der Waals surface area contributed by atoms with Gasteiger partial charge in [-0.05, 0) is 23.5 Å². The Balaban J connectivity index is 2.22. The maximum absolute atomic E-state index is 13.3. The van der Waals surface area contributed by atoms with Crippen molar-refractivity contribution in [1.29, 1.82) is 0 Å². The van der Waals surface area contributed by atoms with Crippen molar-refractivity contribution in [1.82, 2.24) is 16.0 Å². The number of aliphatic carboxylic acids is 1. The number of nitrogens with two attached hydrogens (primary N) is 2. The minimum Gasteiger partial charge on any atom is -0.480 e. The molecule has 0 heterocycles. The lowest BCUT2D eigenvalue weighted by Crippen LogP contribution is -2.58. The van der Waals surface area contributed by atoms with Crippen molar-refractivity contribution in [2.24, 2.45) is 17.4 Å². The first-order valence-electron chi connectivity index (χ1n) is 12.2. The van der Waals surface area contributed by atoms with Crippen LogP contribution in [0.4, 0.5) is 0 Å². The van der Waals surface area contributed by atoms with Gasteiger partial charge in [0.1, 0.15) is 18.1 Å². The first kappa shape index (κ1) is 30.0. The number of carboxylic acids is 1. The van der Waals surface area contributed by atoms with E-state index in [1.54, 1.807) is 44.2 Å². The number of carbonyl (C=O) groups is 5. The second kappa shape index (κ2) is 14.5.